The molecule has 0 aliphatic heterocycles. The number of thiazole rings is 1. The molecule has 0 radical (unpaired) electrons. The molecule has 2 heterocycles. The number of aromatic nitrogens is 2. The van der Waals surface area contributed by atoms with Crippen LogP contribution in [0.15, 0.2) is 18.5 Å². The Bertz CT molecular complexity index is 401. The second-order valence-electron chi connectivity index (χ2n) is 2.36. The zero-order valence-electron chi connectivity index (χ0n) is 6.17. The lowest BCUT2D eigenvalue weighted by atomic mass is 10.4. The van der Waals surface area contributed by atoms with E-state index >= 15 is 0 Å². The molecular formula is C7H3F3N2S. The Morgan fingerprint density at radius 1 is 1.31 bits per heavy atom. The van der Waals surface area contributed by atoms with E-state index in [9.17, 15) is 13.2 Å². The predicted molar refractivity (Wildman–Crippen MR) is 42.4 cm³/mol. The van der Waals surface area contributed by atoms with Crippen LogP contribution in [0.25, 0.3) is 10.2 Å². The normalized spacial score (nSPS) is 12.2. The first-order valence-corrected chi connectivity index (χ1v) is 4.17. The van der Waals surface area contributed by atoms with Gasteiger partial charge in [0.25, 0.3) is 0 Å². The Balaban J connectivity index is 2.63. The number of fused-ring (bicyclic) bond motifs is 1. The molecule has 68 valence electrons. The lowest BCUT2D eigenvalue weighted by Crippen LogP contribution is -2.03. The molecule has 0 bridgehead atoms. The summed E-state index contributed by atoms with van der Waals surface area (Å²) in [7, 11) is 0. The SMILES string of the molecule is FC(F)(F)c1nc2cnccc2s1. The summed E-state index contributed by atoms with van der Waals surface area (Å²) in [5, 5.41) is -0.824. The van der Waals surface area contributed by atoms with Crippen LogP contribution in [0, 0.1) is 0 Å². The van der Waals surface area contributed by atoms with Crippen molar-refractivity contribution >= 4 is 21.6 Å². The zero-order valence-corrected chi connectivity index (χ0v) is 6.99. The van der Waals surface area contributed by atoms with Crippen LogP contribution < -0.4 is 0 Å². The highest BCUT2D eigenvalue weighted by molar-refractivity contribution is 7.18. The van der Waals surface area contributed by atoms with Gasteiger partial charge in [0.05, 0.1) is 10.9 Å². The maximum absolute atomic E-state index is 12.2. The minimum absolute atomic E-state index is 0.292. The van der Waals surface area contributed by atoms with E-state index in [1.54, 1.807) is 0 Å². The van der Waals surface area contributed by atoms with Crippen LogP contribution in [-0.2, 0) is 6.18 Å². The molecule has 0 N–H and O–H groups in total. The molecule has 6 heteroatoms. The first kappa shape index (κ1) is 8.43. The van der Waals surface area contributed by atoms with Crippen molar-refractivity contribution in [1.29, 1.82) is 0 Å². The van der Waals surface area contributed by atoms with Crippen molar-refractivity contribution in [3.63, 3.8) is 0 Å². The van der Waals surface area contributed by atoms with E-state index in [1.807, 2.05) is 0 Å². The third-order valence-electron chi connectivity index (χ3n) is 1.43. The minimum atomic E-state index is -4.36. The maximum Gasteiger partial charge on any atom is 0.443 e. The average Bonchev–Trinajstić information content (AvgIpc) is 2.45. The number of hydrogen-bond donors (Lipinski definition) is 0. The highest BCUT2D eigenvalue weighted by atomic mass is 32.1. The summed E-state index contributed by atoms with van der Waals surface area (Å²) in [6, 6.07) is 1.52. The number of rotatable bonds is 0. The molecule has 0 aliphatic carbocycles. The lowest BCUT2D eigenvalue weighted by Gasteiger charge is -1.98. The van der Waals surface area contributed by atoms with Gasteiger partial charge in [-0.3, -0.25) is 4.98 Å². The van der Waals surface area contributed by atoms with Crippen LogP contribution >= 0.6 is 11.3 Å². The van der Waals surface area contributed by atoms with Gasteiger partial charge in [0.2, 0.25) is 0 Å². The fraction of sp³-hybridized carbons (Fsp3) is 0.143. The second kappa shape index (κ2) is 2.66. The van der Waals surface area contributed by atoms with Crippen molar-refractivity contribution in [3.05, 3.63) is 23.5 Å². The highest BCUT2D eigenvalue weighted by Gasteiger charge is 2.34. The number of halogens is 3. The number of hydrogen-bond acceptors (Lipinski definition) is 3. The molecule has 0 aromatic carbocycles. The number of pyridine rings is 1. The molecule has 2 rings (SSSR count). The molecule has 0 unspecified atom stereocenters. The van der Waals surface area contributed by atoms with Crippen LogP contribution in [0.5, 0.6) is 0 Å². The standard InChI is InChI=1S/C7H3F3N2S/c8-7(9,10)6-12-4-3-11-2-1-5(4)13-6/h1-3H. The number of alkyl halides is 3. The van der Waals surface area contributed by atoms with Gasteiger partial charge >= 0.3 is 6.18 Å². The molecule has 0 amide bonds. The lowest BCUT2D eigenvalue weighted by molar-refractivity contribution is -0.137. The Labute approximate surface area is 75.1 Å². The molecule has 0 fully saturated rings. The van der Waals surface area contributed by atoms with Crippen LogP contribution in [0.4, 0.5) is 13.2 Å². The maximum atomic E-state index is 12.2. The summed E-state index contributed by atoms with van der Waals surface area (Å²) in [6.45, 7) is 0. The monoisotopic (exact) mass is 204 g/mol. The van der Waals surface area contributed by atoms with E-state index in [4.69, 9.17) is 0 Å². The smallest absolute Gasteiger partial charge is 0.262 e. The summed E-state index contributed by atoms with van der Waals surface area (Å²) in [4.78, 5) is 7.10. The van der Waals surface area contributed by atoms with Gasteiger partial charge in [-0.25, -0.2) is 4.98 Å². The van der Waals surface area contributed by atoms with Gasteiger partial charge in [-0.15, -0.1) is 11.3 Å². The van der Waals surface area contributed by atoms with Gasteiger partial charge in [-0.2, -0.15) is 13.2 Å². The van der Waals surface area contributed by atoms with E-state index in [1.165, 1.54) is 18.5 Å². The van der Waals surface area contributed by atoms with Gasteiger partial charge in [0.15, 0.2) is 5.01 Å². The quantitative estimate of drug-likeness (QED) is 0.659. The van der Waals surface area contributed by atoms with Crippen molar-refractivity contribution in [2.45, 2.75) is 6.18 Å². The van der Waals surface area contributed by atoms with Crippen LogP contribution in [0.1, 0.15) is 5.01 Å². The van der Waals surface area contributed by atoms with Gasteiger partial charge in [-0.05, 0) is 6.07 Å². The third kappa shape index (κ3) is 1.49. The van der Waals surface area contributed by atoms with Crippen LogP contribution in [0.2, 0.25) is 0 Å². The summed E-state index contributed by atoms with van der Waals surface area (Å²) in [5.41, 5.74) is 0.292. The summed E-state index contributed by atoms with van der Waals surface area (Å²) < 4.78 is 37.0. The molecule has 2 aromatic rings. The topological polar surface area (TPSA) is 25.8 Å². The van der Waals surface area contributed by atoms with Crippen LogP contribution in [0.3, 0.4) is 0 Å². The first-order chi connectivity index (χ1) is 6.07. The van der Waals surface area contributed by atoms with E-state index in [0.717, 1.165) is 0 Å². The average molecular weight is 204 g/mol. The van der Waals surface area contributed by atoms with Gasteiger partial charge in [0.1, 0.15) is 5.52 Å². The van der Waals surface area contributed by atoms with Gasteiger partial charge in [-0.1, -0.05) is 0 Å². The van der Waals surface area contributed by atoms with Crippen molar-refractivity contribution in [2.24, 2.45) is 0 Å². The van der Waals surface area contributed by atoms with Gasteiger partial charge in [0, 0.05) is 6.20 Å². The fourth-order valence-electron chi connectivity index (χ4n) is 0.901. The minimum Gasteiger partial charge on any atom is -0.262 e. The Hall–Kier alpha value is -1.17. The van der Waals surface area contributed by atoms with E-state index < -0.39 is 11.2 Å². The molecule has 0 atom stereocenters. The van der Waals surface area contributed by atoms with E-state index in [2.05, 4.69) is 9.97 Å². The molecule has 0 aliphatic rings. The number of nitrogens with zero attached hydrogens (tertiary/aromatic N) is 2. The molecule has 13 heavy (non-hydrogen) atoms. The van der Waals surface area contributed by atoms with Crippen molar-refractivity contribution in [3.8, 4) is 0 Å². The molecule has 2 nitrogen and oxygen atoms in total. The van der Waals surface area contributed by atoms with Crippen molar-refractivity contribution in [2.75, 3.05) is 0 Å². The largest absolute Gasteiger partial charge is 0.443 e. The summed E-state index contributed by atoms with van der Waals surface area (Å²) >= 11 is 0.628. The molecular weight excluding hydrogens is 201 g/mol. The van der Waals surface area contributed by atoms with E-state index in [-0.39, 0.29) is 0 Å². The fourth-order valence-corrected chi connectivity index (χ4v) is 1.70. The molecule has 2 aromatic heterocycles. The Morgan fingerprint density at radius 2 is 2.08 bits per heavy atom. The predicted octanol–water partition coefficient (Wildman–Crippen LogP) is 2.71. The Kier molecular flexibility index (Phi) is 1.73. The van der Waals surface area contributed by atoms with Crippen molar-refractivity contribution < 1.29 is 13.2 Å². The molecule has 0 saturated carbocycles. The molecule has 0 spiro atoms. The highest BCUT2D eigenvalue weighted by Crippen LogP contribution is 2.34. The first-order valence-electron chi connectivity index (χ1n) is 3.35. The third-order valence-corrected chi connectivity index (χ3v) is 2.51. The van der Waals surface area contributed by atoms with Crippen molar-refractivity contribution in [1.82, 2.24) is 9.97 Å². The zero-order chi connectivity index (χ0) is 9.47. The van der Waals surface area contributed by atoms with Crippen LogP contribution in [-0.4, -0.2) is 9.97 Å². The van der Waals surface area contributed by atoms with E-state index in [0.29, 0.717) is 21.6 Å². The summed E-state index contributed by atoms with van der Waals surface area (Å²) in [6.07, 6.45) is -1.59. The second-order valence-corrected chi connectivity index (χ2v) is 3.39. The summed E-state index contributed by atoms with van der Waals surface area (Å²) in [5.74, 6) is 0. The molecule has 0 saturated heterocycles. The Morgan fingerprint density at radius 3 is 2.69 bits per heavy atom. The van der Waals surface area contributed by atoms with Gasteiger partial charge < -0.3 is 0 Å².